The van der Waals surface area contributed by atoms with Crippen molar-refractivity contribution in [2.45, 2.75) is 6.04 Å². The molecule has 2 rings (SSSR count). The minimum atomic E-state index is -0.170. The van der Waals surface area contributed by atoms with Gasteiger partial charge in [0.1, 0.15) is 0 Å². The van der Waals surface area contributed by atoms with Gasteiger partial charge in [0.25, 0.3) is 0 Å². The molecular formula is C13H17N3O2. The van der Waals surface area contributed by atoms with Gasteiger partial charge >= 0.3 is 0 Å². The van der Waals surface area contributed by atoms with Crippen molar-refractivity contribution in [2.24, 2.45) is 0 Å². The molecule has 1 aromatic carbocycles. The van der Waals surface area contributed by atoms with Crippen LogP contribution in [0.1, 0.15) is 0 Å². The highest BCUT2D eigenvalue weighted by atomic mass is 16.5. The summed E-state index contributed by atoms with van der Waals surface area (Å²) in [7, 11) is 1.60. The maximum Gasteiger partial charge on any atom is 0.0726 e. The number of fused-ring (bicyclic) bond motifs is 1. The molecule has 0 spiro atoms. The molecule has 1 heterocycles. The quantitative estimate of drug-likeness (QED) is 0.693. The SMILES string of the molecule is COCC(CO)Nc1ccc2cnccc2c1N. The minimum Gasteiger partial charge on any atom is -0.397 e. The Morgan fingerprint density at radius 2 is 2.28 bits per heavy atom. The number of aromatic nitrogens is 1. The number of anilines is 2. The number of aliphatic hydroxyl groups is 1. The van der Waals surface area contributed by atoms with Crippen LogP contribution in [0.2, 0.25) is 0 Å². The average Bonchev–Trinajstić information content (AvgIpc) is 2.41. The summed E-state index contributed by atoms with van der Waals surface area (Å²) in [4.78, 5) is 4.05. The van der Waals surface area contributed by atoms with Crippen molar-refractivity contribution in [3.05, 3.63) is 30.6 Å². The van der Waals surface area contributed by atoms with Gasteiger partial charge in [-0.3, -0.25) is 4.98 Å². The molecule has 5 nitrogen and oxygen atoms in total. The molecule has 0 aliphatic rings. The van der Waals surface area contributed by atoms with E-state index in [4.69, 9.17) is 10.5 Å². The van der Waals surface area contributed by atoms with E-state index >= 15 is 0 Å². The van der Waals surface area contributed by atoms with Crippen LogP contribution in [0.3, 0.4) is 0 Å². The number of nitrogens with zero attached hydrogens (tertiary/aromatic N) is 1. The van der Waals surface area contributed by atoms with Gasteiger partial charge in [-0.25, -0.2) is 0 Å². The maximum absolute atomic E-state index is 9.23. The van der Waals surface area contributed by atoms with Crippen molar-refractivity contribution in [1.82, 2.24) is 4.98 Å². The van der Waals surface area contributed by atoms with Crippen LogP contribution in [-0.2, 0) is 4.74 Å². The number of hydrogen-bond acceptors (Lipinski definition) is 5. The highest BCUT2D eigenvalue weighted by Gasteiger charge is 2.10. The van der Waals surface area contributed by atoms with E-state index in [-0.39, 0.29) is 12.6 Å². The monoisotopic (exact) mass is 247 g/mol. The smallest absolute Gasteiger partial charge is 0.0726 e. The van der Waals surface area contributed by atoms with Crippen LogP contribution in [0, 0.1) is 0 Å². The molecule has 5 heteroatoms. The molecule has 0 radical (unpaired) electrons. The lowest BCUT2D eigenvalue weighted by atomic mass is 10.1. The molecule has 96 valence electrons. The van der Waals surface area contributed by atoms with Crippen molar-refractivity contribution in [3.63, 3.8) is 0 Å². The van der Waals surface area contributed by atoms with Gasteiger partial charge in [-0.1, -0.05) is 6.07 Å². The summed E-state index contributed by atoms with van der Waals surface area (Å²) >= 11 is 0. The minimum absolute atomic E-state index is 0.0122. The van der Waals surface area contributed by atoms with E-state index in [2.05, 4.69) is 10.3 Å². The van der Waals surface area contributed by atoms with Crippen LogP contribution >= 0.6 is 0 Å². The summed E-state index contributed by atoms with van der Waals surface area (Å²) in [5.74, 6) is 0. The Balaban J connectivity index is 2.31. The number of hydrogen-bond donors (Lipinski definition) is 3. The summed E-state index contributed by atoms with van der Waals surface area (Å²) in [5, 5.41) is 14.3. The molecule has 2 aromatic rings. The Labute approximate surface area is 106 Å². The van der Waals surface area contributed by atoms with Gasteiger partial charge in [-0.2, -0.15) is 0 Å². The van der Waals surface area contributed by atoms with Crippen molar-refractivity contribution >= 4 is 22.1 Å². The van der Waals surface area contributed by atoms with Crippen LogP contribution in [0.25, 0.3) is 10.8 Å². The third-order valence-corrected chi connectivity index (χ3v) is 2.81. The number of aliphatic hydroxyl groups excluding tert-OH is 1. The number of pyridine rings is 1. The molecule has 4 N–H and O–H groups in total. The first kappa shape index (κ1) is 12.6. The van der Waals surface area contributed by atoms with E-state index in [0.29, 0.717) is 12.3 Å². The van der Waals surface area contributed by atoms with Gasteiger partial charge < -0.3 is 20.9 Å². The number of methoxy groups -OCH3 is 1. The lowest BCUT2D eigenvalue weighted by Gasteiger charge is -2.18. The van der Waals surface area contributed by atoms with E-state index in [1.54, 1.807) is 19.5 Å². The van der Waals surface area contributed by atoms with E-state index in [0.717, 1.165) is 16.5 Å². The first-order valence-electron chi connectivity index (χ1n) is 5.74. The molecule has 0 saturated carbocycles. The van der Waals surface area contributed by atoms with Crippen LogP contribution in [-0.4, -0.2) is 36.5 Å². The van der Waals surface area contributed by atoms with E-state index in [9.17, 15) is 5.11 Å². The molecule has 1 unspecified atom stereocenters. The van der Waals surface area contributed by atoms with Crippen molar-refractivity contribution < 1.29 is 9.84 Å². The summed E-state index contributed by atoms with van der Waals surface area (Å²) in [6, 6.07) is 5.54. The predicted octanol–water partition coefficient (Wildman–Crippen LogP) is 1.24. The second kappa shape index (κ2) is 5.66. The summed E-state index contributed by atoms with van der Waals surface area (Å²) in [5.41, 5.74) is 7.56. The Morgan fingerprint density at radius 1 is 1.44 bits per heavy atom. The third kappa shape index (κ3) is 2.52. The molecule has 0 aliphatic heterocycles. The molecule has 0 saturated heterocycles. The Kier molecular flexibility index (Phi) is 3.96. The first-order valence-corrected chi connectivity index (χ1v) is 5.74. The van der Waals surface area contributed by atoms with E-state index < -0.39 is 0 Å². The molecular weight excluding hydrogens is 230 g/mol. The van der Waals surface area contributed by atoms with Crippen LogP contribution < -0.4 is 11.1 Å². The second-order valence-electron chi connectivity index (χ2n) is 4.10. The number of rotatable bonds is 5. The second-order valence-corrected chi connectivity index (χ2v) is 4.10. The van der Waals surface area contributed by atoms with Gasteiger partial charge in [-0.05, 0) is 12.1 Å². The Hall–Kier alpha value is -1.85. The van der Waals surface area contributed by atoms with E-state index in [1.165, 1.54) is 0 Å². The molecule has 1 atom stereocenters. The molecule has 0 fully saturated rings. The fraction of sp³-hybridized carbons (Fsp3) is 0.308. The van der Waals surface area contributed by atoms with Gasteiger partial charge in [0.15, 0.2) is 0 Å². The lowest BCUT2D eigenvalue weighted by molar-refractivity contribution is 0.153. The topological polar surface area (TPSA) is 80.4 Å². The standard InChI is InChI=1S/C13H17N3O2/c1-18-8-10(7-17)16-12-3-2-9-6-15-5-4-11(9)13(12)14/h2-6,10,16-17H,7-8,14H2,1H3. The molecule has 18 heavy (non-hydrogen) atoms. The zero-order chi connectivity index (χ0) is 13.0. The number of benzene rings is 1. The number of nitrogen functional groups attached to an aromatic ring is 1. The Morgan fingerprint density at radius 3 is 3.00 bits per heavy atom. The molecule has 1 aromatic heterocycles. The fourth-order valence-corrected chi connectivity index (χ4v) is 1.88. The van der Waals surface area contributed by atoms with Crippen molar-refractivity contribution in [3.8, 4) is 0 Å². The number of ether oxygens (including phenoxy) is 1. The van der Waals surface area contributed by atoms with Crippen LogP contribution in [0.5, 0.6) is 0 Å². The molecule has 0 bridgehead atoms. The predicted molar refractivity (Wildman–Crippen MR) is 72.5 cm³/mol. The summed E-state index contributed by atoms with van der Waals surface area (Å²) in [6.45, 7) is 0.409. The Bertz CT molecular complexity index is 531. The van der Waals surface area contributed by atoms with E-state index in [1.807, 2.05) is 18.2 Å². The number of nitrogens with two attached hydrogens (primary N) is 1. The van der Waals surface area contributed by atoms with Gasteiger partial charge in [0, 0.05) is 30.3 Å². The first-order chi connectivity index (χ1) is 8.76. The number of nitrogens with one attached hydrogen (secondary N) is 1. The molecule has 0 aliphatic carbocycles. The average molecular weight is 247 g/mol. The van der Waals surface area contributed by atoms with Crippen LogP contribution in [0.15, 0.2) is 30.6 Å². The van der Waals surface area contributed by atoms with Crippen molar-refractivity contribution in [1.29, 1.82) is 0 Å². The summed E-state index contributed by atoms with van der Waals surface area (Å²) < 4.78 is 5.02. The van der Waals surface area contributed by atoms with Gasteiger partial charge in [0.05, 0.1) is 30.6 Å². The highest BCUT2D eigenvalue weighted by molar-refractivity contribution is 5.98. The molecule has 0 amide bonds. The highest BCUT2D eigenvalue weighted by Crippen LogP contribution is 2.28. The maximum atomic E-state index is 9.23. The van der Waals surface area contributed by atoms with Crippen molar-refractivity contribution in [2.75, 3.05) is 31.4 Å². The fourth-order valence-electron chi connectivity index (χ4n) is 1.88. The largest absolute Gasteiger partial charge is 0.397 e. The lowest BCUT2D eigenvalue weighted by Crippen LogP contribution is -2.29. The third-order valence-electron chi connectivity index (χ3n) is 2.81. The van der Waals surface area contributed by atoms with Crippen LogP contribution in [0.4, 0.5) is 11.4 Å². The van der Waals surface area contributed by atoms with Gasteiger partial charge in [0.2, 0.25) is 0 Å². The normalized spacial score (nSPS) is 12.6. The summed E-state index contributed by atoms with van der Waals surface area (Å²) in [6.07, 6.45) is 3.48. The zero-order valence-electron chi connectivity index (χ0n) is 10.3. The zero-order valence-corrected chi connectivity index (χ0v) is 10.3. The van der Waals surface area contributed by atoms with Gasteiger partial charge in [-0.15, -0.1) is 0 Å².